The molecule has 0 unspecified atom stereocenters. The van der Waals surface area contributed by atoms with E-state index in [1.54, 1.807) is 18.3 Å². The summed E-state index contributed by atoms with van der Waals surface area (Å²) in [5.74, 6) is -2.71. The van der Waals surface area contributed by atoms with Gasteiger partial charge in [-0.3, -0.25) is 4.98 Å². The zero-order valence-electron chi connectivity index (χ0n) is 18.9. The van der Waals surface area contributed by atoms with E-state index in [-0.39, 0.29) is 42.9 Å². The first kappa shape index (κ1) is 24.0. The summed E-state index contributed by atoms with van der Waals surface area (Å²) in [5, 5.41) is 16.0. The van der Waals surface area contributed by atoms with Crippen molar-refractivity contribution in [2.24, 2.45) is 5.92 Å². The van der Waals surface area contributed by atoms with Gasteiger partial charge in [-0.25, -0.2) is 13.5 Å². The second-order valence-electron chi connectivity index (χ2n) is 9.27. The van der Waals surface area contributed by atoms with Crippen molar-refractivity contribution < 1.29 is 22.0 Å². The number of hydrogen-bond acceptors (Lipinski definition) is 7. The second kappa shape index (κ2) is 8.76. The lowest BCUT2D eigenvalue weighted by molar-refractivity contribution is -0.141. The number of nitriles is 1. The molecule has 2 aliphatic carbocycles. The van der Waals surface area contributed by atoms with E-state index in [0.717, 1.165) is 16.9 Å². The predicted octanol–water partition coefficient (Wildman–Crippen LogP) is 5.14. The van der Waals surface area contributed by atoms with Gasteiger partial charge in [-0.05, 0) is 49.8 Å². The minimum absolute atomic E-state index is 0.0507. The average Bonchev–Trinajstić information content (AvgIpc) is 3.30. The van der Waals surface area contributed by atoms with Gasteiger partial charge in [-0.2, -0.15) is 38.5 Å². The molecular formula is C23H21F5N8. The largest absolute Gasteiger partial charge is 0.435 e. The Hall–Kier alpha value is -3.69. The summed E-state index contributed by atoms with van der Waals surface area (Å²) in [7, 11) is 0. The molecule has 2 saturated carbocycles. The van der Waals surface area contributed by atoms with E-state index in [1.807, 2.05) is 0 Å². The molecule has 3 aromatic rings. The van der Waals surface area contributed by atoms with Gasteiger partial charge < -0.3 is 5.32 Å². The fourth-order valence-electron chi connectivity index (χ4n) is 4.33. The molecule has 0 radical (unpaired) electrons. The first-order valence-corrected chi connectivity index (χ1v) is 11.5. The molecule has 0 amide bonds. The number of halogens is 5. The van der Waals surface area contributed by atoms with Crippen molar-refractivity contribution in [1.82, 2.24) is 29.7 Å². The fourth-order valence-corrected chi connectivity index (χ4v) is 4.33. The van der Waals surface area contributed by atoms with Crippen LogP contribution in [-0.4, -0.2) is 35.6 Å². The van der Waals surface area contributed by atoms with Crippen molar-refractivity contribution in [3.8, 4) is 12.0 Å². The molecule has 1 atom stereocenters. The third kappa shape index (κ3) is 5.12. The summed E-state index contributed by atoms with van der Waals surface area (Å²) in [6.45, 7) is 0. The zero-order valence-corrected chi connectivity index (χ0v) is 18.9. The van der Waals surface area contributed by atoms with Crippen LogP contribution < -0.4 is 5.32 Å². The van der Waals surface area contributed by atoms with Crippen LogP contribution in [0.15, 0.2) is 30.6 Å². The predicted molar refractivity (Wildman–Crippen MR) is 117 cm³/mol. The maximum Gasteiger partial charge on any atom is 0.435 e. The molecule has 0 aliphatic heterocycles. The van der Waals surface area contributed by atoms with Crippen molar-refractivity contribution >= 4 is 11.6 Å². The highest BCUT2D eigenvalue weighted by Gasteiger charge is 2.46. The molecule has 3 aromatic heterocycles. The summed E-state index contributed by atoms with van der Waals surface area (Å²) in [4.78, 5) is 17.1. The number of rotatable bonds is 7. The number of alkyl halides is 5. The Morgan fingerprint density at radius 2 is 1.94 bits per heavy atom. The SMILES string of the molecule is N#CC1(c2cc(Nc3nc(CC[C@@H]4CCC(F)(F)C4)nc(-n4ccc(C(F)(F)F)n4)n3)ccn2)CC1. The zero-order chi connectivity index (χ0) is 25.6. The lowest BCUT2D eigenvalue weighted by Gasteiger charge is -2.12. The van der Waals surface area contributed by atoms with Crippen LogP contribution in [0.25, 0.3) is 5.95 Å². The van der Waals surface area contributed by atoms with Gasteiger partial charge in [0.25, 0.3) is 5.95 Å². The molecule has 36 heavy (non-hydrogen) atoms. The van der Waals surface area contributed by atoms with E-state index in [2.05, 4.69) is 36.4 Å². The van der Waals surface area contributed by atoms with Gasteiger partial charge in [-0.15, -0.1) is 0 Å². The summed E-state index contributed by atoms with van der Waals surface area (Å²) in [6, 6.07) is 6.44. The normalized spacial score (nSPS) is 20.2. The molecule has 1 N–H and O–H groups in total. The third-order valence-corrected chi connectivity index (χ3v) is 6.51. The maximum atomic E-state index is 13.6. The van der Waals surface area contributed by atoms with E-state index in [0.29, 0.717) is 37.1 Å². The monoisotopic (exact) mass is 504 g/mol. The summed E-state index contributed by atoms with van der Waals surface area (Å²) >= 11 is 0. The maximum absolute atomic E-state index is 13.6. The summed E-state index contributed by atoms with van der Waals surface area (Å²) in [6.07, 6.45) is 0.112. The van der Waals surface area contributed by atoms with E-state index in [1.165, 1.54) is 0 Å². The molecular weight excluding hydrogens is 483 g/mol. The molecule has 0 aromatic carbocycles. The fraction of sp³-hybridized carbons (Fsp3) is 0.478. The molecule has 3 heterocycles. The molecule has 13 heteroatoms. The molecule has 2 aliphatic rings. The highest BCUT2D eigenvalue weighted by molar-refractivity contribution is 5.55. The number of hydrogen-bond donors (Lipinski definition) is 1. The van der Waals surface area contributed by atoms with Gasteiger partial charge in [0.05, 0.1) is 17.2 Å². The standard InChI is InChI=1S/C23H21F5N8/c24-22(25)6-3-14(12-22)1-2-18-32-19(31-15-4-9-30-17(11-15)21(13-29)7-8-21)34-20(33-18)36-10-5-16(35-36)23(26,27)28/h4-5,9-11,14H,1-3,6-8,12H2,(H,30,31,32,33,34)/t14-/m1/s1. The third-order valence-electron chi connectivity index (χ3n) is 6.51. The Morgan fingerprint density at radius 3 is 2.58 bits per heavy atom. The Balaban J connectivity index is 1.42. The Labute approximate surface area is 202 Å². The highest BCUT2D eigenvalue weighted by Crippen LogP contribution is 2.47. The summed E-state index contributed by atoms with van der Waals surface area (Å²) < 4.78 is 67.2. The lowest BCUT2D eigenvalue weighted by atomic mass is 10.0. The van der Waals surface area contributed by atoms with Crippen molar-refractivity contribution in [3.05, 3.63) is 47.8 Å². The van der Waals surface area contributed by atoms with E-state index in [9.17, 15) is 27.2 Å². The van der Waals surface area contributed by atoms with Gasteiger partial charge in [-0.1, -0.05) is 0 Å². The Kier molecular flexibility index (Phi) is 5.84. The molecule has 0 spiro atoms. The lowest BCUT2D eigenvalue weighted by Crippen LogP contribution is -2.13. The molecule has 5 rings (SSSR count). The topological polar surface area (TPSA) is 105 Å². The van der Waals surface area contributed by atoms with Gasteiger partial charge in [0, 0.05) is 37.3 Å². The van der Waals surface area contributed by atoms with Gasteiger partial charge >= 0.3 is 6.18 Å². The number of pyridine rings is 1. The quantitative estimate of drug-likeness (QED) is 0.444. The van der Waals surface area contributed by atoms with E-state index in [4.69, 9.17) is 0 Å². The molecule has 188 valence electrons. The van der Waals surface area contributed by atoms with Gasteiger partial charge in [0.15, 0.2) is 5.69 Å². The minimum atomic E-state index is -4.64. The first-order chi connectivity index (χ1) is 17.1. The van der Waals surface area contributed by atoms with Gasteiger partial charge in [0.2, 0.25) is 11.9 Å². The number of anilines is 2. The highest BCUT2D eigenvalue weighted by atomic mass is 19.4. The van der Waals surface area contributed by atoms with Crippen LogP contribution in [-0.2, 0) is 18.0 Å². The van der Waals surface area contributed by atoms with Crippen molar-refractivity contribution in [2.45, 2.75) is 62.5 Å². The minimum Gasteiger partial charge on any atom is -0.324 e. The van der Waals surface area contributed by atoms with Gasteiger partial charge in [0.1, 0.15) is 5.82 Å². The molecule has 0 saturated heterocycles. The Morgan fingerprint density at radius 1 is 1.14 bits per heavy atom. The van der Waals surface area contributed by atoms with Crippen LogP contribution in [0.3, 0.4) is 0 Å². The van der Waals surface area contributed by atoms with Crippen LogP contribution in [0, 0.1) is 17.2 Å². The van der Waals surface area contributed by atoms with E-state index >= 15 is 0 Å². The number of aryl methyl sites for hydroxylation is 1. The number of nitrogens with one attached hydrogen (secondary N) is 1. The molecule has 2 fully saturated rings. The summed E-state index contributed by atoms with van der Waals surface area (Å²) in [5.41, 5.74) is -0.568. The number of nitrogens with zero attached hydrogens (tertiary/aromatic N) is 7. The van der Waals surface area contributed by atoms with Crippen molar-refractivity contribution in [3.63, 3.8) is 0 Å². The van der Waals surface area contributed by atoms with Crippen LogP contribution >= 0.6 is 0 Å². The molecule has 8 nitrogen and oxygen atoms in total. The van der Waals surface area contributed by atoms with E-state index < -0.39 is 23.2 Å². The van der Waals surface area contributed by atoms with Crippen molar-refractivity contribution in [1.29, 1.82) is 5.26 Å². The van der Waals surface area contributed by atoms with Crippen molar-refractivity contribution in [2.75, 3.05) is 5.32 Å². The second-order valence-corrected chi connectivity index (χ2v) is 9.27. The number of aromatic nitrogens is 6. The molecule has 0 bridgehead atoms. The Bertz CT molecular complexity index is 1310. The average molecular weight is 504 g/mol. The van der Waals surface area contributed by atoms with Crippen LogP contribution in [0.1, 0.15) is 55.7 Å². The van der Waals surface area contributed by atoms with Crippen LogP contribution in [0.5, 0.6) is 0 Å². The smallest absolute Gasteiger partial charge is 0.324 e. The first-order valence-electron chi connectivity index (χ1n) is 11.5. The van der Waals surface area contributed by atoms with Crippen LogP contribution in [0.4, 0.5) is 33.6 Å². The van der Waals surface area contributed by atoms with Crippen LogP contribution in [0.2, 0.25) is 0 Å².